The minimum Gasteiger partial charge on any atom is -0.394 e. The highest BCUT2D eigenvalue weighted by Crippen LogP contribution is 2.12. The molecule has 0 aliphatic carbocycles. The maximum atomic E-state index is 9.00. The zero-order valence-electron chi connectivity index (χ0n) is 10.3. The monoisotopic (exact) mass is 240 g/mol. The lowest BCUT2D eigenvalue weighted by molar-refractivity contribution is 0.203. The van der Waals surface area contributed by atoms with Gasteiger partial charge in [0.2, 0.25) is 0 Å². The first-order valence-corrected chi connectivity index (χ1v) is 5.83. The highest BCUT2D eigenvalue weighted by atomic mass is 16.3. The number of hydrogen-bond donors (Lipinski definition) is 4. The van der Waals surface area contributed by atoms with Crippen molar-refractivity contribution in [2.45, 2.75) is 26.3 Å². The van der Waals surface area contributed by atoms with Crippen LogP contribution in [0, 0.1) is 0 Å². The lowest BCUT2D eigenvalue weighted by Gasteiger charge is -2.15. The van der Waals surface area contributed by atoms with Crippen LogP contribution >= 0.6 is 0 Å². The molecule has 0 unspecified atom stereocenters. The van der Waals surface area contributed by atoms with E-state index in [-0.39, 0.29) is 13.2 Å². The highest BCUT2D eigenvalue weighted by molar-refractivity contribution is 5.48. The van der Waals surface area contributed by atoms with E-state index in [9.17, 15) is 0 Å². The maximum absolute atomic E-state index is 9.00. The summed E-state index contributed by atoms with van der Waals surface area (Å²) in [6.07, 6.45) is 0.733. The summed E-state index contributed by atoms with van der Waals surface area (Å²) < 4.78 is 0. The van der Waals surface area contributed by atoms with Crippen LogP contribution in [0.3, 0.4) is 0 Å². The fraction of sp³-hybridized carbons (Fsp3) is 0.636. The van der Waals surface area contributed by atoms with E-state index in [2.05, 4.69) is 20.6 Å². The van der Waals surface area contributed by atoms with Crippen LogP contribution in [0.5, 0.6) is 0 Å². The van der Waals surface area contributed by atoms with Crippen LogP contribution in [0.2, 0.25) is 0 Å². The first-order chi connectivity index (χ1) is 8.23. The molecule has 0 saturated heterocycles. The van der Waals surface area contributed by atoms with E-state index < -0.39 is 6.04 Å². The second-order valence-corrected chi connectivity index (χ2v) is 3.64. The first kappa shape index (κ1) is 13.7. The van der Waals surface area contributed by atoms with E-state index in [1.807, 2.05) is 13.8 Å². The summed E-state index contributed by atoms with van der Waals surface area (Å²) in [6, 6.07) is 1.37. The lowest BCUT2D eigenvalue weighted by atomic mass is 10.3. The molecule has 1 heterocycles. The van der Waals surface area contributed by atoms with Crippen molar-refractivity contribution < 1.29 is 10.2 Å². The number of nitrogens with zero attached hydrogens (tertiary/aromatic N) is 2. The molecule has 0 radical (unpaired) electrons. The molecule has 6 heteroatoms. The van der Waals surface area contributed by atoms with Crippen molar-refractivity contribution in [1.82, 2.24) is 9.97 Å². The van der Waals surface area contributed by atoms with Crippen LogP contribution in [0.15, 0.2) is 6.07 Å². The minimum atomic E-state index is -0.399. The van der Waals surface area contributed by atoms with Crippen LogP contribution < -0.4 is 10.6 Å². The fourth-order valence-electron chi connectivity index (χ4n) is 1.36. The zero-order valence-corrected chi connectivity index (χ0v) is 10.3. The molecule has 0 aliphatic heterocycles. The van der Waals surface area contributed by atoms with Crippen LogP contribution in [0.25, 0.3) is 0 Å². The molecule has 0 spiro atoms. The Labute approximate surface area is 101 Å². The van der Waals surface area contributed by atoms with Gasteiger partial charge in [0.15, 0.2) is 0 Å². The van der Waals surface area contributed by atoms with Crippen molar-refractivity contribution in [2.75, 3.05) is 30.4 Å². The van der Waals surface area contributed by atoms with Crippen LogP contribution in [-0.4, -0.2) is 46.0 Å². The van der Waals surface area contributed by atoms with Crippen LogP contribution in [0.4, 0.5) is 11.6 Å². The Balaban J connectivity index is 2.85. The van der Waals surface area contributed by atoms with E-state index in [4.69, 9.17) is 10.2 Å². The van der Waals surface area contributed by atoms with Crippen LogP contribution in [-0.2, 0) is 6.42 Å². The third kappa shape index (κ3) is 4.16. The highest BCUT2D eigenvalue weighted by Gasteiger charge is 2.08. The third-order valence-electron chi connectivity index (χ3n) is 2.24. The number of aryl methyl sites for hydroxylation is 1. The SMILES string of the molecule is CCNc1cc(NC(CO)CO)nc(CC)n1. The molecule has 96 valence electrons. The molecular formula is C11H20N4O2. The topological polar surface area (TPSA) is 90.3 Å². The van der Waals surface area contributed by atoms with Crippen molar-refractivity contribution in [3.63, 3.8) is 0 Å². The Morgan fingerprint density at radius 3 is 2.35 bits per heavy atom. The lowest BCUT2D eigenvalue weighted by Crippen LogP contribution is -2.28. The Hall–Kier alpha value is -1.40. The molecule has 0 atom stereocenters. The van der Waals surface area contributed by atoms with Gasteiger partial charge in [-0.3, -0.25) is 0 Å². The quantitative estimate of drug-likeness (QED) is 0.546. The summed E-state index contributed by atoms with van der Waals surface area (Å²) in [6.45, 7) is 4.47. The molecule has 0 bridgehead atoms. The summed E-state index contributed by atoms with van der Waals surface area (Å²) >= 11 is 0. The predicted molar refractivity (Wildman–Crippen MR) is 67.2 cm³/mol. The molecule has 6 nitrogen and oxygen atoms in total. The molecule has 0 aliphatic rings. The number of aliphatic hydroxyl groups is 2. The van der Waals surface area contributed by atoms with E-state index in [0.29, 0.717) is 5.82 Å². The predicted octanol–water partition coefficient (Wildman–Crippen LogP) is 0.236. The Morgan fingerprint density at radius 2 is 1.82 bits per heavy atom. The van der Waals surface area contributed by atoms with Gasteiger partial charge in [-0.05, 0) is 6.92 Å². The number of hydrogen-bond acceptors (Lipinski definition) is 6. The third-order valence-corrected chi connectivity index (χ3v) is 2.24. The second-order valence-electron chi connectivity index (χ2n) is 3.64. The normalized spacial score (nSPS) is 10.6. The van der Waals surface area contributed by atoms with Crippen molar-refractivity contribution in [1.29, 1.82) is 0 Å². The number of anilines is 2. The van der Waals surface area contributed by atoms with Crippen LogP contribution in [0.1, 0.15) is 19.7 Å². The standard InChI is InChI=1S/C11H20N4O2/c1-3-9-14-10(12-4-2)5-11(15-9)13-8(6-16)7-17/h5,8,16-17H,3-4,6-7H2,1-2H3,(H2,12,13,14,15). The molecule has 1 aromatic heterocycles. The molecule has 4 N–H and O–H groups in total. The Bertz CT molecular complexity index is 342. The van der Waals surface area contributed by atoms with Gasteiger partial charge >= 0.3 is 0 Å². The molecule has 0 fully saturated rings. The molecule has 0 saturated carbocycles. The molecule has 1 rings (SSSR count). The van der Waals surface area contributed by atoms with Gasteiger partial charge in [-0.1, -0.05) is 6.92 Å². The summed E-state index contributed by atoms with van der Waals surface area (Å²) in [7, 11) is 0. The minimum absolute atomic E-state index is 0.140. The van der Waals surface area contributed by atoms with Crippen molar-refractivity contribution >= 4 is 11.6 Å². The average Bonchev–Trinajstić information content (AvgIpc) is 2.36. The van der Waals surface area contributed by atoms with Crippen molar-refractivity contribution in [2.24, 2.45) is 0 Å². The van der Waals surface area contributed by atoms with E-state index >= 15 is 0 Å². The van der Waals surface area contributed by atoms with Gasteiger partial charge < -0.3 is 20.8 Å². The van der Waals surface area contributed by atoms with E-state index in [1.165, 1.54) is 0 Å². The second kappa shape index (κ2) is 7.03. The summed E-state index contributed by atoms with van der Waals surface area (Å²) in [4.78, 5) is 8.60. The molecule has 0 aromatic carbocycles. The largest absolute Gasteiger partial charge is 0.394 e. The number of nitrogens with one attached hydrogen (secondary N) is 2. The molecule has 1 aromatic rings. The van der Waals surface area contributed by atoms with Crippen molar-refractivity contribution in [3.8, 4) is 0 Å². The average molecular weight is 240 g/mol. The fourth-order valence-corrected chi connectivity index (χ4v) is 1.36. The number of aromatic nitrogens is 2. The smallest absolute Gasteiger partial charge is 0.132 e. The van der Waals surface area contributed by atoms with Gasteiger partial charge in [0.25, 0.3) is 0 Å². The van der Waals surface area contributed by atoms with Gasteiger partial charge in [0.05, 0.1) is 19.3 Å². The molecule has 0 amide bonds. The summed E-state index contributed by atoms with van der Waals surface area (Å²) in [5.41, 5.74) is 0. The van der Waals surface area contributed by atoms with Gasteiger partial charge in [0.1, 0.15) is 17.5 Å². The maximum Gasteiger partial charge on any atom is 0.132 e. The van der Waals surface area contributed by atoms with E-state index in [0.717, 1.165) is 24.6 Å². The van der Waals surface area contributed by atoms with Gasteiger partial charge in [-0.15, -0.1) is 0 Å². The van der Waals surface area contributed by atoms with Crippen molar-refractivity contribution in [3.05, 3.63) is 11.9 Å². The van der Waals surface area contributed by atoms with Gasteiger partial charge in [-0.2, -0.15) is 0 Å². The van der Waals surface area contributed by atoms with Gasteiger partial charge in [0, 0.05) is 19.0 Å². The molecule has 17 heavy (non-hydrogen) atoms. The number of aliphatic hydroxyl groups excluding tert-OH is 2. The Kier molecular flexibility index (Phi) is 5.65. The zero-order chi connectivity index (χ0) is 12.7. The summed E-state index contributed by atoms with van der Waals surface area (Å²) in [5, 5.41) is 24.1. The van der Waals surface area contributed by atoms with E-state index in [1.54, 1.807) is 6.07 Å². The van der Waals surface area contributed by atoms with Gasteiger partial charge in [-0.25, -0.2) is 9.97 Å². The summed E-state index contributed by atoms with van der Waals surface area (Å²) in [5.74, 6) is 2.08. The first-order valence-electron chi connectivity index (χ1n) is 5.83. The molecular weight excluding hydrogens is 220 g/mol. The number of rotatable bonds is 7. The Morgan fingerprint density at radius 1 is 1.18 bits per heavy atom.